The normalized spacial score (nSPS) is 12.0. The molecule has 2 aromatic carbocycles. The van der Waals surface area contributed by atoms with Crippen LogP contribution in [0.1, 0.15) is 25.0 Å². The molecule has 25 heavy (non-hydrogen) atoms. The number of ether oxygens (including phenoxy) is 1. The number of halogens is 1. The van der Waals surface area contributed by atoms with Crippen molar-refractivity contribution in [1.82, 2.24) is 10.2 Å². The summed E-state index contributed by atoms with van der Waals surface area (Å²) in [4.78, 5) is 14.5. The maximum absolute atomic E-state index is 12.2. The zero-order chi connectivity index (χ0) is 18.2. The summed E-state index contributed by atoms with van der Waals surface area (Å²) in [7, 11) is 2.09. The van der Waals surface area contributed by atoms with E-state index in [0.29, 0.717) is 12.3 Å². The van der Waals surface area contributed by atoms with E-state index in [9.17, 15) is 4.79 Å². The number of carbonyl (C=O) groups is 1. The van der Waals surface area contributed by atoms with Crippen LogP contribution in [0.25, 0.3) is 0 Å². The zero-order valence-electron chi connectivity index (χ0n) is 15.0. The van der Waals surface area contributed by atoms with Gasteiger partial charge in [-0.15, -0.1) is 0 Å². The van der Waals surface area contributed by atoms with Crippen molar-refractivity contribution in [1.29, 1.82) is 0 Å². The van der Waals surface area contributed by atoms with Gasteiger partial charge in [0.2, 0.25) is 0 Å². The number of carbonyl (C=O) groups excluding carboxylic acids is 1. The van der Waals surface area contributed by atoms with Gasteiger partial charge in [0.15, 0.2) is 6.10 Å². The molecule has 2 aromatic rings. The highest BCUT2D eigenvalue weighted by molar-refractivity contribution is 9.10. The highest BCUT2D eigenvalue weighted by Crippen LogP contribution is 2.17. The molecular formula is C20H25BrN2O2. The van der Waals surface area contributed by atoms with Crippen molar-refractivity contribution < 1.29 is 9.53 Å². The molecule has 0 bridgehead atoms. The van der Waals surface area contributed by atoms with Gasteiger partial charge in [0.1, 0.15) is 5.75 Å². The van der Waals surface area contributed by atoms with Gasteiger partial charge < -0.3 is 15.0 Å². The van der Waals surface area contributed by atoms with Crippen LogP contribution in [0.4, 0.5) is 0 Å². The van der Waals surface area contributed by atoms with Crippen LogP contribution < -0.4 is 10.1 Å². The molecule has 2 rings (SSSR count). The summed E-state index contributed by atoms with van der Waals surface area (Å²) in [5, 5.41) is 2.94. The summed E-state index contributed by atoms with van der Waals surface area (Å²) in [5.41, 5.74) is 2.33. The number of rotatable bonds is 8. The number of benzene rings is 2. The maximum Gasteiger partial charge on any atom is 0.261 e. The lowest BCUT2D eigenvalue weighted by molar-refractivity contribution is -0.127. The van der Waals surface area contributed by atoms with Gasteiger partial charge in [-0.3, -0.25) is 4.79 Å². The lowest BCUT2D eigenvalue weighted by Crippen LogP contribution is -2.35. The Morgan fingerprint density at radius 1 is 1.20 bits per heavy atom. The van der Waals surface area contributed by atoms with E-state index in [1.807, 2.05) is 36.4 Å². The first-order valence-electron chi connectivity index (χ1n) is 8.44. The molecule has 5 heteroatoms. The van der Waals surface area contributed by atoms with Gasteiger partial charge >= 0.3 is 0 Å². The van der Waals surface area contributed by atoms with Crippen LogP contribution >= 0.6 is 15.9 Å². The van der Waals surface area contributed by atoms with Gasteiger partial charge in [-0.25, -0.2) is 0 Å². The van der Waals surface area contributed by atoms with Crippen LogP contribution in [0.15, 0.2) is 53.0 Å². The SMILES string of the molecule is CCN(C)Cc1cccc(CNC(=O)C(C)Oc2ccc(Br)cc2)c1. The van der Waals surface area contributed by atoms with E-state index in [0.717, 1.165) is 23.1 Å². The molecule has 0 saturated heterocycles. The van der Waals surface area contributed by atoms with Crippen LogP contribution in [0.2, 0.25) is 0 Å². The third-order valence-corrected chi connectivity index (χ3v) is 4.47. The van der Waals surface area contributed by atoms with Crippen molar-refractivity contribution in [3.63, 3.8) is 0 Å². The first kappa shape index (κ1) is 19.5. The first-order valence-corrected chi connectivity index (χ1v) is 9.23. The number of nitrogens with one attached hydrogen (secondary N) is 1. The number of hydrogen-bond acceptors (Lipinski definition) is 3. The van der Waals surface area contributed by atoms with Gasteiger partial charge in [-0.05, 0) is 55.9 Å². The summed E-state index contributed by atoms with van der Waals surface area (Å²) in [6, 6.07) is 15.7. The molecule has 0 radical (unpaired) electrons. The highest BCUT2D eigenvalue weighted by Gasteiger charge is 2.14. The van der Waals surface area contributed by atoms with E-state index in [-0.39, 0.29) is 5.91 Å². The van der Waals surface area contributed by atoms with Crippen molar-refractivity contribution in [2.75, 3.05) is 13.6 Å². The fourth-order valence-corrected chi connectivity index (χ4v) is 2.63. The highest BCUT2D eigenvalue weighted by atomic mass is 79.9. The molecule has 0 heterocycles. The number of hydrogen-bond donors (Lipinski definition) is 1. The second-order valence-electron chi connectivity index (χ2n) is 6.08. The van der Waals surface area contributed by atoms with E-state index >= 15 is 0 Å². The molecule has 4 nitrogen and oxygen atoms in total. The molecule has 0 fully saturated rings. The van der Waals surface area contributed by atoms with Crippen LogP contribution in [-0.2, 0) is 17.9 Å². The Labute approximate surface area is 158 Å². The van der Waals surface area contributed by atoms with Crippen molar-refractivity contribution in [2.24, 2.45) is 0 Å². The number of amides is 1. The predicted molar refractivity (Wildman–Crippen MR) is 105 cm³/mol. The smallest absolute Gasteiger partial charge is 0.261 e. The molecular weight excluding hydrogens is 380 g/mol. The second-order valence-corrected chi connectivity index (χ2v) is 7.00. The molecule has 0 saturated carbocycles. The van der Waals surface area contributed by atoms with Gasteiger partial charge in [0.05, 0.1) is 0 Å². The Hall–Kier alpha value is -1.85. The largest absolute Gasteiger partial charge is 0.481 e. The summed E-state index contributed by atoms with van der Waals surface area (Å²) >= 11 is 3.38. The average Bonchev–Trinajstić information content (AvgIpc) is 2.61. The standard InChI is InChI=1S/C20H25BrN2O2/c1-4-23(3)14-17-7-5-6-16(12-17)13-22-20(24)15(2)25-19-10-8-18(21)9-11-19/h5-12,15H,4,13-14H2,1-3H3,(H,22,24). The van der Waals surface area contributed by atoms with Crippen LogP contribution in [-0.4, -0.2) is 30.5 Å². The Kier molecular flexibility index (Phi) is 7.47. The summed E-state index contributed by atoms with van der Waals surface area (Å²) in [5.74, 6) is 0.550. The Bertz CT molecular complexity index is 688. The first-order chi connectivity index (χ1) is 12.0. The quantitative estimate of drug-likeness (QED) is 0.722. The van der Waals surface area contributed by atoms with Crippen LogP contribution in [0.5, 0.6) is 5.75 Å². The molecule has 1 N–H and O–H groups in total. The van der Waals surface area contributed by atoms with Crippen LogP contribution in [0.3, 0.4) is 0 Å². The molecule has 1 atom stereocenters. The second kappa shape index (κ2) is 9.59. The predicted octanol–water partition coefficient (Wildman–Crippen LogP) is 3.98. The lowest BCUT2D eigenvalue weighted by atomic mass is 10.1. The molecule has 0 spiro atoms. The van der Waals surface area contributed by atoms with Gasteiger partial charge in [-0.1, -0.05) is 47.1 Å². The summed E-state index contributed by atoms with van der Waals surface area (Å²) in [6.07, 6.45) is -0.546. The molecule has 134 valence electrons. The molecule has 1 unspecified atom stereocenters. The fraction of sp³-hybridized carbons (Fsp3) is 0.350. The van der Waals surface area contributed by atoms with Gasteiger partial charge in [0.25, 0.3) is 5.91 Å². The monoisotopic (exact) mass is 404 g/mol. The minimum atomic E-state index is -0.546. The Morgan fingerprint density at radius 2 is 1.88 bits per heavy atom. The third-order valence-electron chi connectivity index (χ3n) is 3.95. The van der Waals surface area contributed by atoms with E-state index in [2.05, 4.69) is 52.3 Å². The van der Waals surface area contributed by atoms with Crippen molar-refractivity contribution in [3.05, 3.63) is 64.1 Å². The molecule has 0 aliphatic carbocycles. The molecule has 0 aliphatic rings. The van der Waals surface area contributed by atoms with E-state index in [1.54, 1.807) is 6.92 Å². The van der Waals surface area contributed by atoms with E-state index in [1.165, 1.54) is 5.56 Å². The summed E-state index contributed by atoms with van der Waals surface area (Å²) < 4.78 is 6.65. The topological polar surface area (TPSA) is 41.6 Å². The number of nitrogens with zero attached hydrogens (tertiary/aromatic N) is 1. The van der Waals surface area contributed by atoms with E-state index < -0.39 is 6.10 Å². The van der Waals surface area contributed by atoms with Crippen molar-refractivity contribution >= 4 is 21.8 Å². The molecule has 0 aliphatic heterocycles. The fourth-order valence-electron chi connectivity index (χ4n) is 2.37. The van der Waals surface area contributed by atoms with Crippen molar-refractivity contribution in [2.45, 2.75) is 33.0 Å². The minimum absolute atomic E-state index is 0.126. The van der Waals surface area contributed by atoms with Crippen LogP contribution in [0, 0.1) is 0 Å². The molecule has 0 aromatic heterocycles. The lowest BCUT2D eigenvalue weighted by Gasteiger charge is -2.16. The average molecular weight is 405 g/mol. The zero-order valence-corrected chi connectivity index (χ0v) is 16.5. The van der Waals surface area contributed by atoms with Gasteiger partial charge in [-0.2, -0.15) is 0 Å². The molecule has 1 amide bonds. The Balaban J connectivity index is 1.86. The summed E-state index contributed by atoms with van der Waals surface area (Å²) in [6.45, 7) is 6.30. The third kappa shape index (κ3) is 6.52. The van der Waals surface area contributed by atoms with Crippen molar-refractivity contribution in [3.8, 4) is 5.75 Å². The maximum atomic E-state index is 12.2. The van der Waals surface area contributed by atoms with E-state index in [4.69, 9.17) is 4.74 Å². The Morgan fingerprint density at radius 3 is 2.56 bits per heavy atom. The minimum Gasteiger partial charge on any atom is -0.481 e. The van der Waals surface area contributed by atoms with Gasteiger partial charge in [0, 0.05) is 17.6 Å².